The predicted molar refractivity (Wildman–Crippen MR) is 80.1 cm³/mol. The van der Waals surface area contributed by atoms with E-state index < -0.39 is 11.7 Å². The molecular formula is C13H16BrF3N2S. The molecule has 0 radical (unpaired) electrons. The first-order chi connectivity index (χ1) is 9.41. The standard InChI is InChI=1S/C13H16BrF3N2S/c1-2-20-11-5-3-4-10(11)19-12-9(13(15,16)17)6-8(14)7-18-12/h6-7,10-11H,2-5H2,1H3,(H,18,19). The molecule has 1 aromatic rings. The molecular weight excluding hydrogens is 353 g/mol. The second-order valence-corrected chi connectivity index (χ2v) is 7.15. The number of rotatable bonds is 4. The normalized spacial score (nSPS) is 23.1. The van der Waals surface area contributed by atoms with Gasteiger partial charge in [0.1, 0.15) is 5.82 Å². The topological polar surface area (TPSA) is 24.9 Å². The van der Waals surface area contributed by atoms with E-state index in [9.17, 15) is 13.2 Å². The van der Waals surface area contributed by atoms with E-state index in [4.69, 9.17) is 0 Å². The zero-order chi connectivity index (χ0) is 14.8. The number of thioether (sulfide) groups is 1. The number of pyridine rings is 1. The van der Waals surface area contributed by atoms with Crippen LogP contribution in [-0.4, -0.2) is 22.0 Å². The van der Waals surface area contributed by atoms with Gasteiger partial charge in [0.05, 0.1) is 5.56 Å². The maximum Gasteiger partial charge on any atom is 0.419 e. The lowest BCUT2D eigenvalue weighted by Gasteiger charge is -2.22. The van der Waals surface area contributed by atoms with Gasteiger partial charge in [0.15, 0.2) is 0 Å². The van der Waals surface area contributed by atoms with Gasteiger partial charge in [0.2, 0.25) is 0 Å². The van der Waals surface area contributed by atoms with Crippen LogP contribution in [0.3, 0.4) is 0 Å². The third-order valence-corrected chi connectivity index (χ3v) is 5.07. The molecule has 1 aromatic heterocycles. The number of aromatic nitrogens is 1. The molecule has 7 heteroatoms. The van der Waals surface area contributed by atoms with E-state index in [0.717, 1.165) is 31.1 Å². The maximum absolute atomic E-state index is 13.0. The van der Waals surface area contributed by atoms with Crippen molar-refractivity contribution in [3.05, 3.63) is 22.3 Å². The molecule has 0 aliphatic heterocycles. The second-order valence-electron chi connectivity index (χ2n) is 4.72. The summed E-state index contributed by atoms with van der Waals surface area (Å²) >= 11 is 4.85. The molecule has 0 saturated heterocycles. The van der Waals surface area contributed by atoms with Crippen molar-refractivity contribution in [1.82, 2.24) is 4.98 Å². The van der Waals surface area contributed by atoms with Crippen molar-refractivity contribution in [1.29, 1.82) is 0 Å². The Morgan fingerprint density at radius 3 is 2.85 bits per heavy atom. The van der Waals surface area contributed by atoms with Crippen molar-refractivity contribution >= 4 is 33.5 Å². The van der Waals surface area contributed by atoms with Gasteiger partial charge in [0, 0.05) is 22.0 Å². The van der Waals surface area contributed by atoms with Crippen molar-refractivity contribution in [2.45, 2.75) is 43.7 Å². The highest BCUT2D eigenvalue weighted by Gasteiger charge is 2.36. The molecule has 2 atom stereocenters. The Hall–Kier alpha value is -0.430. The van der Waals surface area contributed by atoms with Crippen LogP contribution < -0.4 is 5.32 Å². The summed E-state index contributed by atoms with van der Waals surface area (Å²) in [5.41, 5.74) is -0.709. The van der Waals surface area contributed by atoms with Gasteiger partial charge in [-0.1, -0.05) is 13.3 Å². The van der Waals surface area contributed by atoms with Crippen LogP contribution in [0, 0.1) is 0 Å². The Bertz CT molecular complexity index is 467. The number of hydrogen-bond donors (Lipinski definition) is 1. The van der Waals surface area contributed by atoms with Crippen LogP contribution in [-0.2, 0) is 6.18 Å². The molecule has 1 aliphatic carbocycles. The molecule has 20 heavy (non-hydrogen) atoms. The highest BCUT2D eigenvalue weighted by atomic mass is 79.9. The Morgan fingerprint density at radius 1 is 1.45 bits per heavy atom. The number of hydrogen-bond acceptors (Lipinski definition) is 3. The lowest BCUT2D eigenvalue weighted by molar-refractivity contribution is -0.137. The molecule has 2 nitrogen and oxygen atoms in total. The van der Waals surface area contributed by atoms with Gasteiger partial charge in [-0.15, -0.1) is 0 Å². The Labute approximate surface area is 129 Å². The monoisotopic (exact) mass is 368 g/mol. The van der Waals surface area contributed by atoms with Gasteiger partial charge in [0.25, 0.3) is 0 Å². The minimum atomic E-state index is -4.40. The maximum atomic E-state index is 13.0. The van der Waals surface area contributed by atoms with Crippen LogP contribution >= 0.6 is 27.7 Å². The second kappa shape index (κ2) is 6.56. The van der Waals surface area contributed by atoms with Crippen LogP contribution in [0.4, 0.5) is 19.0 Å². The van der Waals surface area contributed by atoms with Gasteiger partial charge in [-0.2, -0.15) is 24.9 Å². The summed E-state index contributed by atoms with van der Waals surface area (Å²) in [6.07, 6.45) is -0.00637. The van der Waals surface area contributed by atoms with E-state index in [1.54, 1.807) is 11.8 Å². The molecule has 0 spiro atoms. The largest absolute Gasteiger partial charge is 0.419 e. The summed E-state index contributed by atoms with van der Waals surface area (Å²) < 4.78 is 39.5. The molecule has 1 aliphatic rings. The average molecular weight is 369 g/mol. The zero-order valence-corrected chi connectivity index (χ0v) is 13.4. The summed E-state index contributed by atoms with van der Waals surface area (Å²) in [6, 6.07) is 1.14. The lowest BCUT2D eigenvalue weighted by atomic mass is 10.2. The van der Waals surface area contributed by atoms with Crippen LogP contribution in [0.2, 0.25) is 0 Å². The lowest BCUT2D eigenvalue weighted by Crippen LogP contribution is -2.28. The van der Waals surface area contributed by atoms with Crippen LogP contribution in [0.15, 0.2) is 16.7 Å². The number of alkyl halides is 3. The summed E-state index contributed by atoms with van der Waals surface area (Å²) in [5, 5.41) is 3.37. The third kappa shape index (κ3) is 3.81. The number of anilines is 1. The Kier molecular flexibility index (Phi) is 5.23. The van der Waals surface area contributed by atoms with Gasteiger partial charge < -0.3 is 5.32 Å². The van der Waals surface area contributed by atoms with Crippen molar-refractivity contribution in [2.75, 3.05) is 11.1 Å². The third-order valence-electron chi connectivity index (χ3n) is 3.32. The molecule has 0 bridgehead atoms. The molecule has 0 aromatic carbocycles. The molecule has 1 saturated carbocycles. The van der Waals surface area contributed by atoms with E-state index in [0.29, 0.717) is 9.72 Å². The number of halogens is 4. The SMILES string of the molecule is CCSC1CCCC1Nc1ncc(Br)cc1C(F)(F)F. The van der Waals surface area contributed by atoms with Crippen molar-refractivity contribution in [3.8, 4) is 0 Å². The fourth-order valence-corrected chi connectivity index (χ4v) is 3.98. The first-order valence-corrected chi connectivity index (χ1v) is 8.37. The summed E-state index contributed by atoms with van der Waals surface area (Å²) in [7, 11) is 0. The summed E-state index contributed by atoms with van der Waals surface area (Å²) in [4.78, 5) is 3.92. The molecule has 2 unspecified atom stereocenters. The highest BCUT2D eigenvalue weighted by Crippen LogP contribution is 2.38. The van der Waals surface area contributed by atoms with Gasteiger partial charge in [-0.25, -0.2) is 4.98 Å². The van der Waals surface area contributed by atoms with Crippen LogP contribution in [0.5, 0.6) is 0 Å². The fraction of sp³-hybridized carbons (Fsp3) is 0.615. The molecule has 1 fully saturated rings. The first kappa shape index (κ1) is 15.9. The summed E-state index contributed by atoms with van der Waals surface area (Å²) in [5.74, 6) is 0.914. The molecule has 1 heterocycles. The Balaban J connectivity index is 2.20. The fourth-order valence-electron chi connectivity index (χ4n) is 2.45. The quantitative estimate of drug-likeness (QED) is 0.813. The van der Waals surface area contributed by atoms with Crippen molar-refractivity contribution < 1.29 is 13.2 Å². The predicted octanol–water partition coefficient (Wildman–Crippen LogP) is 4.95. The number of nitrogens with zero attached hydrogens (tertiary/aromatic N) is 1. The smallest absolute Gasteiger partial charge is 0.366 e. The van der Waals surface area contributed by atoms with Crippen LogP contribution in [0.1, 0.15) is 31.7 Å². The Morgan fingerprint density at radius 2 is 2.20 bits per heavy atom. The van der Waals surface area contributed by atoms with E-state index in [1.807, 2.05) is 0 Å². The summed E-state index contributed by atoms with van der Waals surface area (Å²) in [6.45, 7) is 2.07. The van der Waals surface area contributed by atoms with E-state index in [1.165, 1.54) is 6.20 Å². The number of nitrogens with one attached hydrogen (secondary N) is 1. The first-order valence-electron chi connectivity index (χ1n) is 6.52. The zero-order valence-electron chi connectivity index (χ0n) is 11.0. The van der Waals surface area contributed by atoms with Crippen molar-refractivity contribution in [2.24, 2.45) is 0 Å². The molecule has 0 amide bonds. The van der Waals surface area contributed by atoms with E-state index >= 15 is 0 Å². The molecule has 112 valence electrons. The van der Waals surface area contributed by atoms with Gasteiger partial charge in [-0.05, 0) is 40.6 Å². The van der Waals surface area contributed by atoms with Crippen molar-refractivity contribution in [3.63, 3.8) is 0 Å². The van der Waals surface area contributed by atoms with Gasteiger partial charge >= 0.3 is 6.18 Å². The minimum Gasteiger partial charge on any atom is -0.366 e. The minimum absolute atomic E-state index is 0.0608. The van der Waals surface area contributed by atoms with E-state index in [2.05, 4.69) is 33.2 Å². The molecule has 2 rings (SSSR count). The van der Waals surface area contributed by atoms with Crippen LogP contribution in [0.25, 0.3) is 0 Å². The molecule has 1 N–H and O–H groups in total. The van der Waals surface area contributed by atoms with E-state index in [-0.39, 0.29) is 11.9 Å². The average Bonchev–Trinajstić information content (AvgIpc) is 2.78. The highest BCUT2D eigenvalue weighted by molar-refractivity contribution is 9.10. The van der Waals surface area contributed by atoms with Gasteiger partial charge in [-0.3, -0.25) is 0 Å².